The molecule has 5 nitrogen and oxygen atoms in total. The van der Waals surface area contributed by atoms with Crippen LogP contribution < -0.4 is 14.2 Å². The average Bonchev–Trinajstić information content (AvgIpc) is 2.64. The van der Waals surface area contributed by atoms with Gasteiger partial charge in [0, 0.05) is 11.1 Å². The number of hydrogen-bond donors (Lipinski definition) is 1. The first-order valence-electron chi connectivity index (χ1n) is 7.93. The molecule has 0 fully saturated rings. The Bertz CT molecular complexity index is 848. The van der Waals surface area contributed by atoms with Gasteiger partial charge in [0.25, 0.3) is 0 Å². The number of phenolic OH excluding ortho intramolecular Hbond substituents is 1. The lowest BCUT2D eigenvalue weighted by Gasteiger charge is -2.18. The summed E-state index contributed by atoms with van der Waals surface area (Å²) in [7, 11) is 4.61. The fourth-order valence-electron chi connectivity index (χ4n) is 2.63. The first-order chi connectivity index (χ1) is 12.4. The minimum Gasteiger partial charge on any atom is -0.508 e. The molecular weight excluding hydrogens is 332 g/mol. The molecule has 0 saturated carbocycles. The van der Waals surface area contributed by atoms with Crippen LogP contribution in [0.25, 0.3) is 11.6 Å². The third-order valence-corrected chi connectivity index (χ3v) is 3.85. The predicted octanol–water partition coefficient (Wildman–Crippen LogP) is 4.35. The second-order valence-corrected chi connectivity index (χ2v) is 5.63. The van der Waals surface area contributed by atoms with Gasteiger partial charge in [-0.15, -0.1) is 0 Å². The molecule has 0 heterocycles. The van der Waals surface area contributed by atoms with Gasteiger partial charge in [0.05, 0.1) is 21.3 Å². The second kappa shape index (κ2) is 8.25. The number of hydrogen-bond acceptors (Lipinski definition) is 5. The summed E-state index contributed by atoms with van der Waals surface area (Å²) >= 11 is 0. The van der Waals surface area contributed by atoms with Crippen molar-refractivity contribution in [1.29, 1.82) is 0 Å². The topological polar surface area (TPSA) is 65.0 Å². The SMILES string of the molecule is C=C(C)c1c(/C=C/C(=O)c2ccc(O)cc2)cc(OC)c(OC)c1OC. The monoisotopic (exact) mass is 354 g/mol. The molecule has 136 valence electrons. The van der Waals surface area contributed by atoms with E-state index in [-0.39, 0.29) is 11.5 Å². The van der Waals surface area contributed by atoms with E-state index in [1.165, 1.54) is 32.4 Å². The maximum absolute atomic E-state index is 12.4. The van der Waals surface area contributed by atoms with E-state index in [0.717, 1.165) is 16.7 Å². The van der Waals surface area contributed by atoms with Crippen molar-refractivity contribution in [2.45, 2.75) is 6.92 Å². The second-order valence-electron chi connectivity index (χ2n) is 5.63. The molecule has 0 saturated heterocycles. The number of benzene rings is 2. The molecule has 0 radical (unpaired) electrons. The Morgan fingerprint density at radius 3 is 2.15 bits per heavy atom. The van der Waals surface area contributed by atoms with Crippen molar-refractivity contribution in [1.82, 2.24) is 0 Å². The molecule has 0 spiro atoms. The Balaban J connectivity index is 2.52. The van der Waals surface area contributed by atoms with E-state index in [9.17, 15) is 9.90 Å². The van der Waals surface area contributed by atoms with Crippen LogP contribution in [0.3, 0.4) is 0 Å². The zero-order valence-electron chi connectivity index (χ0n) is 15.3. The summed E-state index contributed by atoms with van der Waals surface area (Å²) in [5.74, 6) is 1.38. The Labute approximate surface area is 153 Å². The number of rotatable bonds is 7. The van der Waals surface area contributed by atoms with Crippen molar-refractivity contribution < 1.29 is 24.1 Å². The fourth-order valence-corrected chi connectivity index (χ4v) is 2.63. The molecule has 5 heteroatoms. The lowest BCUT2D eigenvalue weighted by molar-refractivity contribution is 0.104. The van der Waals surface area contributed by atoms with Gasteiger partial charge in [-0.3, -0.25) is 4.79 Å². The number of allylic oxidation sites excluding steroid dienone is 2. The number of aromatic hydroxyl groups is 1. The average molecular weight is 354 g/mol. The molecule has 26 heavy (non-hydrogen) atoms. The molecule has 2 aromatic rings. The quantitative estimate of drug-likeness (QED) is 0.592. The normalized spacial score (nSPS) is 10.6. The molecule has 0 aliphatic carbocycles. The highest BCUT2D eigenvalue weighted by Gasteiger charge is 2.20. The lowest BCUT2D eigenvalue weighted by Crippen LogP contribution is -2.01. The number of carbonyl (C=O) groups excluding carboxylic acids is 1. The van der Waals surface area contributed by atoms with Crippen molar-refractivity contribution in [3.05, 3.63) is 59.7 Å². The highest BCUT2D eigenvalue weighted by Crippen LogP contribution is 2.44. The molecule has 0 aromatic heterocycles. The molecule has 1 N–H and O–H groups in total. The van der Waals surface area contributed by atoms with E-state index in [1.807, 2.05) is 6.92 Å². The number of methoxy groups -OCH3 is 3. The summed E-state index contributed by atoms with van der Waals surface area (Å²) in [5, 5.41) is 9.33. The predicted molar refractivity (Wildman–Crippen MR) is 102 cm³/mol. The van der Waals surface area contributed by atoms with Crippen LogP contribution in [0.4, 0.5) is 0 Å². The van der Waals surface area contributed by atoms with Crippen molar-refractivity contribution in [3.63, 3.8) is 0 Å². The van der Waals surface area contributed by atoms with E-state index >= 15 is 0 Å². The van der Waals surface area contributed by atoms with Gasteiger partial charge in [0.1, 0.15) is 5.75 Å². The first kappa shape index (κ1) is 19.1. The van der Waals surface area contributed by atoms with Crippen molar-refractivity contribution in [3.8, 4) is 23.0 Å². The fraction of sp³-hybridized carbons (Fsp3) is 0.190. The molecule has 0 unspecified atom stereocenters. The minimum atomic E-state index is -0.189. The van der Waals surface area contributed by atoms with Crippen LogP contribution in [-0.2, 0) is 0 Å². The number of ketones is 1. The van der Waals surface area contributed by atoms with Gasteiger partial charge in [-0.25, -0.2) is 0 Å². The standard InChI is InChI=1S/C21H22O5/c1-13(2)19-15(12-18(24-3)20(25-4)21(19)26-5)8-11-17(23)14-6-9-16(22)10-7-14/h6-12,22H,1H2,2-5H3/b11-8+. The van der Waals surface area contributed by atoms with E-state index in [2.05, 4.69) is 6.58 Å². The van der Waals surface area contributed by atoms with Crippen molar-refractivity contribution >= 4 is 17.4 Å². The zero-order chi connectivity index (χ0) is 19.3. The number of phenols is 1. The van der Waals surface area contributed by atoms with Gasteiger partial charge >= 0.3 is 0 Å². The molecule has 2 rings (SSSR count). The van der Waals surface area contributed by atoms with Gasteiger partial charge in [-0.2, -0.15) is 0 Å². The van der Waals surface area contributed by atoms with E-state index < -0.39 is 0 Å². The number of carbonyl (C=O) groups is 1. The smallest absolute Gasteiger partial charge is 0.203 e. The molecule has 0 amide bonds. The maximum atomic E-state index is 12.4. The van der Waals surface area contributed by atoms with Crippen LogP contribution in [-0.4, -0.2) is 32.2 Å². The molecule has 0 bridgehead atoms. The van der Waals surface area contributed by atoms with E-state index in [0.29, 0.717) is 22.8 Å². The third-order valence-electron chi connectivity index (χ3n) is 3.85. The summed E-state index contributed by atoms with van der Waals surface area (Å²) in [4.78, 5) is 12.4. The number of ether oxygens (including phenoxy) is 3. The van der Waals surface area contributed by atoms with Crippen molar-refractivity contribution in [2.75, 3.05) is 21.3 Å². The van der Waals surface area contributed by atoms with Crippen LogP contribution in [0, 0.1) is 0 Å². The van der Waals surface area contributed by atoms with Crippen LogP contribution >= 0.6 is 0 Å². The van der Waals surface area contributed by atoms with Gasteiger partial charge in [0.2, 0.25) is 5.75 Å². The summed E-state index contributed by atoms with van der Waals surface area (Å²) in [6.07, 6.45) is 3.14. The zero-order valence-corrected chi connectivity index (χ0v) is 15.3. The van der Waals surface area contributed by atoms with Crippen molar-refractivity contribution in [2.24, 2.45) is 0 Å². The first-order valence-corrected chi connectivity index (χ1v) is 7.93. The molecule has 0 aliphatic heterocycles. The Morgan fingerprint density at radius 2 is 1.65 bits per heavy atom. The van der Waals surface area contributed by atoms with E-state index in [1.54, 1.807) is 31.4 Å². The summed E-state index contributed by atoms with van der Waals surface area (Å²) in [6.45, 7) is 5.85. The summed E-state index contributed by atoms with van der Waals surface area (Å²) in [5.41, 5.74) is 2.70. The van der Waals surface area contributed by atoms with Gasteiger partial charge in [0.15, 0.2) is 17.3 Å². The van der Waals surface area contributed by atoms with Gasteiger partial charge in [-0.05, 0) is 54.5 Å². The highest BCUT2D eigenvalue weighted by molar-refractivity contribution is 6.07. The van der Waals surface area contributed by atoms with Crippen LogP contribution in [0.1, 0.15) is 28.4 Å². The van der Waals surface area contributed by atoms with Crippen LogP contribution in [0.15, 0.2) is 43.0 Å². The molecule has 2 aromatic carbocycles. The van der Waals surface area contributed by atoms with Gasteiger partial charge in [-0.1, -0.05) is 12.7 Å². The Hall–Kier alpha value is -3.21. The Morgan fingerprint density at radius 1 is 1.04 bits per heavy atom. The lowest BCUT2D eigenvalue weighted by atomic mass is 9.98. The van der Waals surface area contributed by atoms with Gasteiger partial charge < -0.3 is 19.3 Å². The summed E-state index contributed by atoms with van der Waals surface area (Å²) < 4.78 is 16.3. The molecular formula is C21H22O5. The highest BCUT2D eigenvalue weighted by atomic mass is 16.5. The van der Waals surface area contributed by atoms with Crippen LogP contribution in [0.5, 0.6) is 23.0 Å². The molecule has 0 aliphatic rings. The molecule has 0 atom stereocenters. The largest absolute Gasteiger partial charge is 0.508 e. The Kier molecular flexibility index (Phi) is 6.07. The maximum Gasteiger partial charge on any atom is 0.203 e. The van der Waals surface area contributed by atoms with E-state index in [4.69, 9.17) is 14.2 Å². The van der Waals surface area contributed by atoms with Crippen LogP contribution in [0.2, 0.25) is 0 Å². The minimum absolute atomic E-state index is 0.111. The summed E-state index contributed by atoms with van der Waals surface area (Å²) in [6, 6.07) is 7.85. The third kappa shape index (κ3) is 3.88.